The molecule has 1 aliphatic heterocycles. The molecule has 3 fully saturated rings. The van der Waals surface area contributed by atoms with Gasteiger partial charge in [-0.05, 0) is 69.0 Å². The quantitative estimate of drug-likeness (QED) is 0.210. The fraction of sp³-hybridized carbons (Fsp3) is 0.514. The molecule has 5 atom stereocenters. The second kappa shape index (κ2) is 14.0. The highest BCUT2D eigenvalue weighted by Crippen LogP contribution is 2.45. The summed E-state index contributed by atoms with van der Waals surface area (Å²) in [5, 5.41) is 9.73. The van der Waals surface area contributed by atoms with Crippen LogP contribution in [-0.4, -0.2) is 88.1 Å². The number of nitrogens with one attached hydrogen (secondary N) is 4. The summed E-state index contributed by atoms with van der Waals surface area (Å²) in [5.74, 6) is -2.32. The number of thiophene rings is 1. The number of ether oxygens (including phenoxy) is 1. The Bertz CT molecular complexity index is 2040. The maximum atomic E-state index is 14.6. The molecule has 16 heteroatoms. The molecule has 1 unspecified atom stereocenters. The molecule has 0 bridgehead atoms. The van der Waals surface area contributed by atoms with Crippen LogP contribution >= 0.6 is 11.3 Å². The highest BCUT2D eigenvalue weighted by Gasteiger charge is 2.62. The molecular formula is C37H47N7O7S2. The number of hydrogen-bond acceptors (Lipinski definition) is 10. The Morgan fingerprint density at radius 1 is 1.04 bits per heavy atom. The number of urea groups is 1. The first-order valence-corrected chi connectivity index (χ1v) is 20.1. The molecule has 3 aromatic rings. The van der Waals surface area contributed by atoms with Gasteiger partial charge >= 0.3 is 6.03 Å². The number of para-hydroxylation sites is 2. The van der Waals surface area contributed by atoms with Gasteiger partial charge in [-0.15, -0.1) is 17.9 Å². The molecule has 14 nitrogen and oxygen atoms in total. The monoisotopic (exact) mass is 765 g/mol. The van der Waals surface area contributed by atoms with Gasteiger partial charge in [0.25, 0.3) is 5.91 Å². The van der Waals surface area contributed by atoms with Crippen molar-refractivity contribution in [2.24, 2.45) is 11.3 Å². The van der Waals surface area contributed by atoms with Crippen molar-refractivity contribution in [1.82, 2.24) is 35.5 Å². The van der Waals surface area contributed by atoms with E-state index >= 15 is 0 Å². The normalized spacial score (nSPS) is 23.5. The number of carbonyl (C=O) groups excluding carboxylic acids is 4. The first-order valence-electron chi connectivity index (χ1n) is 17.7. The second-order valence-electron chi connectivity index (χ2n) is 16.2. The van der Waals surface area contributed by atoms with E-state index in [1.54, 1.807) is 0 Å². The smallest absolute Gasteiger partial charge is 0.315 e. The summed E-state index contributed by atoms with van der Waals surface area (Å²) >= 11 is 1.47. The standard InChI is InChI=1S/C37H47N7O7S2/c1-8-21-19-37(21,33(47)43-53(49,50)23-15-16-23)41-30(45)26-18-22(20-44(26)32(46)29(35(2,3)4)40-34(48)42-36(5,6)7)51-31-28(27-14-11-17-52-27)38-24-12-9-10-13-25(24)39-31/h8-14,17,21-23,26,29H,1,15-16,18-20H2,2-7H3,(H,41,45)(H,43,47)(H2,40,42,48)/t21?,22-,26+,29-,37-/m1/s1. The topological polar surface area (TPSA) is 189 Å². The summed E-state index contributed by atoms with van der Waals surface area (Å²) in [6.45, 7) is 14.6. The van der Waals surface area contributed by atoms with E-state index in [2.05, 4.69) is 27.3 Å². The van der Waals surface area contributed by atoms with Gasteiger partial charge in [-0.3, -0.25) is 19.1 Å². The number of amides is 5. The third kappa shape index (κ3) is 8.33. The zero-order chi connectivity index (χ0) is 38.5. The summed E-state index contributed by atoms with van der Waals surface area (Å²) < 4.78 is 34.1. The van der Waals surface area contributed by atoms with Crippen LogP contribution < -0.4 is 25.4 Å². The lowest BCUT2D eigenvalue weighted by Crippen LogP contribution is -2.61. The number of sulfonamides is 1. The highest BCUT2D eigenvalue weighted by molar-refractivity contribution is 7.91. The van der Waals surface area contributed by atoms with Gasteiger partial charge in [0.1, 0.15) is 29.4 Å². The van der Waals surface area contributed by atoms with Crippen molar-refractivity contribution in [2.45, 2.75) is 102 Å². The first kappa shape index (κ1) is 38.2. The van der Waals surface area contributed by atoms with Gasteiger partial charge in [0.2, 0.25) is 27.7 Å². The molecule has 3 aliphatic rings. The molecule has 1 aromatic carbocycles. The van der Waals surface area contributed by atoms with Crippen molar-refractivity contribution in [3.8, 4) is 16.5 Å². The van der Waals surface area contributed by atoms with E-state index in [9.17, 15) is 27.6 Å². The minimum Gasteiger partial charge on any atom is -0.471 e. The molecule has 2 aliphatic carbocycles. The Balaban J connectivity index is 1.32. The summed E-state index contributed by atoms with van der Waals surface area (Å²) in [6.07, 6.45) is 1.83. The van der Waals surface area contributed by atoms with Crippen LogP contribution in [0, 0.1) is 11.3 Å². The highest BCUT2D eigenvalue weighted by atomic mass is 32.2. The molecule has 284 valence electrons. The Morgan fingerprint density at radius 3 is 2.28 bits per heavy atom. The fourth-order valence-electron chi connectivity index (χ4n) is 6.51. The number of likely N-dealkylation sites (tertiary alicyclic amines) is 1. The minimum absolute atomic E-state index is 0.0117. The Morgan fingerprint density at radius 2 is 1.72 bits per heavy atom. The van der Waals surface area contributed by atoms with Crippen LogP contribution in [0.1, 0.15) is 67.2 Å². The molecule has 53 heavy (non-hydrogen) atoms. The van der Waals surface area contributed by atoms with Gasteiger partial charge in [-0.1, -0.05) is 45.0 Å². The van der Waals surface area contributed by atoms with Crippen molar-refractivity contribution in [3.05, 3.63) is 54.4 Å². The molecule has 1 saturated heterocycles. The average molecular weight is 766 g/mol. The van der Waals surface area contributed by atoms with Crippen molar-refractivity contribution in [3.63, 3.8) is 0 Å². The van der Waals surface area contributed by atoms with Crippen molar-refractivity contribution < 1.29 is 32.3 Å². The maximum Gasteiger partial charge on any atom is 0.315 e. The molecule has 0 radical (unpaired) electrons. The van der Waals surface area contributed by atoms with E-state index in [-0.39, 0.29) is 25.3 Å². The Hall–Kier alpha value is -4.57. The van der Waals surface area contributed by atoms with E-state index in [1.165, 1.54) is 22.3 Å². The van der Waals surface area contributed by atoms with Crippen LogP contribution in [0.2, 0.25) is 0 Å². The van der Waals surface area contributed by atoms with Gasteiger partial charge in [0.15, 0.2) is 0 Å². The number of benzene rings is 1. The number of hydrogen-bond donors (Lipinski definition) is 4. The Labute approximate surface area is 313 Å². The van der Waals surface area contributed by atoms with Gasteiger partial charge in [0, 0.05) is 17.9 Å². The van der Waals surface area contributed by atoms with Gasteiger partial charge in [-0.25, -0.2) is 23.2 Å². The van der Waals surface area contributed by atoms with E-state index in [1.807, 2.05) is 83.3 Å². The third-order valence-electron chi connectivity index (χ3n) is 9.55. The van der Waals surface area contributed by atoms with Gasteiger partial charge in [0.05, 0.1) is 27.7 Å². The molecule has 2 saturated carbocycles. The number of aromatic nitrogens is 2. The predicted octanol–water partition coefficient (Wildman–Crippen LogP) is 3.89. The van der Waals surface area contributed by atoms with Crippen molar-refractivity contribution in [1.29, 1.82) is 0 Å². The number of rotatable bonds is 11. The van der Waals surface area contributed by atoms with Crippen LogP contribution in [0.25, 0.3) is 21.6 Å². The van der Waals surface area contributed by atoms with E-state index in [0.29, 0.717) is 29.6 Å². The van der Waals surface area contributed by atoms with E-state index < -0.39 is 79.6 Å². The van der Waals surface area contributed by atoms with Crippen LogP contribution in [0.5, 0.6) is 5.88 Å². The van der Waals surface area contributed by atoms with E-state index in [0.717, 1.165) is 4.88 Å². The Kier molecular flexibility index (Phi) is 10.1. The van der Waals surface area contributed by atoms with Gasteiger partial charge in [-0.2, -0.15) is 0 Å². The molecule has 6 rings (SSSR count). The third-order valence-corrected chi connectivity index (χ3v) is 12.2. The number of fused-ring (bicyclic) bond motifs is 1. The lowest BCUT2D eigenvalue weighted by Gasteiger charge is -2.36. The van der Waals surface area contributed by atoms with Gasteiger partial charge < -0.3 is 25.6 Å². The predicted molar refractivity (Wildman–Crippen MR) is 201 cm³/mol. The van der Waals surface area contributed by atoms with Crippen molar-refractivity contribution >= 4 is 56.1 Å². The molecule has 5 amide bonds. The lowest BCUT2D eigenvalue weighted by molar-refractivity contribution is -0.142. The number of nitrogens with zero attached hydrogens (tertiary/aromatic N) is 3. The summed E-state index contributed by atoms with van der Waals surface area (Å²) in [4.78, 5) is 67.4. The summed E-state index contributed by atoms with van der Waals surface area (Å²) in [7, 11) is -3.90. The van der Waals surface area contributed by atoms with Crippen LogP contribution in [0.15, 0.2) is 54.4 Å². The summed E-state index contributed by atoms with van der Waals surface area (Å²) in [6, 6.07) is 8.40. The molecular weight excluding hydrogens is 719 g/mol. The molecule has 2 aromatic heterocycles. The van der Waals surface area contributed by atoms with Crippen molar-refractivity contribution in [2.75, 3.05) is 6.54 Å². The zero-order valence-corrected chi connectivity index (χ0v) is 32.4. The number of carbonyl (C=O) groups is 4. The lowest BCUT2D eigenvalue weighted by atomic mass is 9.85. The average Bonchev–Trinajstić information content (AvgIpc) is 3.94. The first-order chi connectivity index (χ1) is 24.8. The molecule has 4 N–H and O–H groups in total. The second-order valence-corrected chi connectivity index (χ2v) is 19.1. The fourth-order valence-corrected chi connectivity index (χ4v) is 8.58. The van der Waals surface area contributed by atoms with Crippen LogP contribution in [0.4, 0.5) is 4.79 Å². The molecule has 0 spiro atoms. The van der Waals surface area contributed by atoms with Crippen LogP contribution in [-0.2, 0) is 24.4 Å². The largest absolute Gasteiger partial charge is 0.471 e. The van der Waals surface area contributed by atoms with E-state index in [4.69, 9.17) is 14.7 Å². The molecule has 3 heterocycles. The van der Waals surface area contributed by atoms with Crippen LogP contribution in [0.3, 0.4) is 0 Å². The zero-order valence-electron chi connectivity index (χ0n) is 30.8. The summed E-state index contributed by atoms with van der Waals surface area (Å²) in [5.41, 5.74) is -1.14. The SMILES string of the molecule is C=CC1C[C@]1(NC(=O)[C@@H]1C[C@@H](Oc2nc3ccccc3nc2-c2cccs2)CN1C(=O)[C@@H](NC(=O)NC(C)(C)C)C(C)(C)C)C(=O)NS(=O)(=O)C1CC1. The maximum absolute atomic E-state index is 14.6. The minimum atomic E-state index is -3.90.